The Morgan fingerprint density at radius 1 is 1.07 bits per heavy atom. The number of benzene rings is 1. The first-order valence-electron chi connectivity index (χ1n) is 4.25. The zero-order valence-electron chi connectivity index (χ0n) is 7.55. The first-order valence-corrected chi connectivity index (χ1v) is 5.33. The number of pyridine rings is 1. The van der Waals surface area contributed by atoms with Gasteiger partial charge >= 0.3 is 0 Å². The van der Waals surface area contributed by atoms with Crippen molar-refractivity contribution in [2.45, 2.75) is 0 Å². The van der Waals surface area contributed by atoms with E-state index in [2.05, 4.69) is 4.98 Å². The van der Waals surface area contributed by atoms with Crippen LogP contribution in [-0.4, -0.2) is 4.98 Å². The van der Waals surface area contributed by atoms with Gasteiger partial charge in [-0.15, -0.1) is 0 Å². The van der Waals surface area contributed by atoms with Gasteiger partial charge in [0.05, 0.1) is 5.56 Å². The maximum absolute atomic E-state index is 13.4. The number of hydrogen-bond donors (Lipinski definition) is 0. The summed E-state index contributed by atoms with van der Waals surface area (Å²) in [6, 6.07) is 7.72. The second kappa shape index (κ2) is 4.22. The van der Waals surface area contributed by atoms with E-state index in [1.54, 1.807) is 18.2 Å². The quantitative estimate of drug-likeness (QED) is 0.578. The van der Waals surface area contributed by atoms with E-state index in [1.165, 1.54) is 18.3 Å². The third kappa shape index (κ3) is 1.99. The molecule has 0 aliphatic rings. The summed E-state index contributed by atoms with van der Waals surface area (Å²) in [7, 11) is 0. The smallest absolute Gasteiger partial charge is 0.221 e. The summed E-state index contributed by atoms with van der Waals surface area (Å²) in [6.07, 6.45) is 1.36. The normalized spacial score (nSPS) is 10.3. The molecule has 0 radical (unpaired) electrons. The molecular formula is C11H6F2IN. The molecule has 1 aromatic carbocycles. The van der Waals surface area contributed by atoms with Gasteiger partial charge in [0.2, 0.25) is 5.95 Å². The lowest BCUT2D eigenvalue weighted by Crippen LogP contribution is -1.94. The maximum atomic E-state index is 13.4. The van der Waals surface area contributed by atoms with Gasteiger partial charge in [0.15, 0.2) is 0 Å². The molecule has 0 aliphatic heterocycles. The largest absolute Gasteiger partial charge is 0.228 e. The van der Waals surface area contributed by atoms with Crippen molar-refractivity contribution in [3.05, 3.63) is 51.9 Å². The number of hydrogen-bond acceptors (Lipinski definition) is 1. The number of aromatic nitrogens is 1. The average Bonchev–Trinajstić information content (AvgIpc) is 2.20. The van der Waals surface area contributed by atoms with Crippen molar-refractivity contribution in [1.82, 2.24) is 4.98 Å². The first kappa shape index (κ1) is 10.5. The van der Waals surface area contributed by atoms with Gasteiger partial charge in [0.25, 0.3) is 0 Å². The van der Waals surface area contributed by atoms with E-state index >= 15 is 0 Å². The van der Waals surface area contributed by atoms with Crippen LogP contribution in [0.15, 0.2) is 36.5 Å². The van der Waals surface area contributed by atoms with Crippen molar-refractivity contribution < 1.29 is 8.78 Å². The first-order chi connectivity index (χ1) is 7.20. The van der Waals surface area contributed by atoms with E-state index < -0.39 is 11.8 Å². The second-order valence-corrected chi connectivity index (χ2v) is 4.10. The molecule has 0 spiro atoms. The van der Waals surface area contributed by atoms with Gasteiger partial charge in [-0.1, -0.05) is 18.2 Å². The van der Waals surface area contributed by atoms with E-state index in [0.29, 0.717) is 3.57 Å². The molecule has 0 amide bonds. The molecule has 15 heavy (non-hydrogen) atoms. The van der Waals surface area contributed by atoms with Crippen LogP contribution in [0.1, 0.15) is 0 Å². The van der Waals surface area contributed by atoms with Crippen LogP contribution in [0.25, 0.3) is 11.1 Å². The maximum Gasteiger partial charge on any atom is 0.221 e. The lowest BCUT2D eigenvalue weighted by atomic mass is 10.1. The molecule has 0 atom stereocenters. The Labute approximate surface area is 99.3 Å². The molecule has 0 fully saturated rings. The lowest BCUT2D eigenvalue weighted by Gasteiger charge is -2.05. The van der Waals surface area contributed by atoms with Crippen molar-refractivity contribution in [1.29, 1.82) is 0 Å². The number of rotatable bonds is 1. The van der Waals surface area contributed by atoms with E-state index in [4.69, 9.17) is 0 Å². The number of nitrogens with zero attached hydrogens (tertiary/aromatic N) is 1. The van der Waals surface area contributed by atoms with Crippen molar-refractivity contribution in [2.75, 3.05) is 0 Å². The molecule has 2 aromatic rings. The Kier molecular flexibility index (Phi) is 2.95. The minimum absolute atomic E-state index is 0.219. The van der Waals surface area contributed by atoms with Crippen LogP contribution in [0, 0.1) is 15.3 Å². The Balaban J connectivity index is 2.69. The van der Waals surface area contributed by atoms with Gasteiger partial charge in [-0.3, -0.25) is 0 Å². The molecular weight excluding hydrogens is 311 g/mol. The highest BCUT2D eigenvalue weighted by Gasteiger charge is 2.13. The van der Waals surface area contributed by atoms with Crippen molar-refractivity contribution in [2.24, 2.45) is 0 Å². The van der Waals surface area contributed by atoms with Gasteiger partial charge < -0.3 is 0 Å². The van der Waals surface area contributed by atoms with E-state index in [9.17, 15) is 8.78 Å². The molecule has 0 aliphatic carbocycles. The summed E-state index contributed by atoms with van der Waals surface area (Å²) in [6.45, 7) is 0. The van der Waals surface area contributed by atoms with E-state index in [-0.39, 0.29) is 11.1 Å². The fourth-order valence-corrected chi connectivity index (χ4v) is 1.99. The highest BCUT2D eigenvalue weighted by atomic mass is 127. The Morgan fingerprint density at radius 2 is 1.80 bits per heavy atom. The fraction of sp³-hybridized carbons (Fsp3) is 0. The van der Waals surface area contributed by atoms with Crippen LogP contribution in [0.4, 0.5) is 8.78 Å². The zero-order valence-corrected chi connectivity index (χ0v) is 9.70. The van der Waals surface area contributed by atoms with Gasteiger partial charge in [0, 0.05) is 15.3 Å². The van der Waals surface area contributed by atoms with Crippen molar-refractivity contribution in [3.8, 4) is 11.1 Å². The highest BCUT2D eigenvalue weighted by Crippen LogP contribution is 2.28. The van der Waals surface area contributed by atoms with Crippen LogP contribution >= 0.6 is 22.6 Å². The predicted molar refractivity (Wildman–Crippen MR) is 62.3 cm³/mol. The third-order valence-corrected chi connectivity index (χ3v) is 2.90. The lowest BCUT2D eigenvalue weighted by molar-refractivity contribution is 0.582. The number of halogens is 3. The topological polar surface area (TPSA) is 12.9 Å². The van der Waals surface area contributed by atoms with Crippen LogP contribution in [0.5, 0.6) is 0 Å². The molecule has 0 saturated heterocycles. The SMILES string of the molecule is Fc1ccccc1-c1c(I)ccnc1F. The van der Waals surface area contributed by atoms with Crippen LogP contribution in [0.3, 0.4) is 0 Å². The van der Waals surface area contributed by atoms with Gasteiger partial charge in [0.1, 0.15) is 5.82 Å². The van der Waals surface area contributed by atoms with Gasteiger partial charge in [-0.25, -0.2) is 9.37 Å². The van der Waals surface area contributed by atoms with Gasteiger partial charge in [-0.05, 0) is 34.7 Å². The van der Waals surface area contributed by atoms with Gasteiger partial charge in [-0.2, -0.15) is 4.39 Å². The molecule has 1 heterocycles. The summed E-state index contributed by atoms with van der Waals surface area (Å²) >= 11 is 1.96. The Morgan fingerprint density at radius 3 is 2.47 bits per heavy atom. The third-order valence-electron chi connectivity index (χ3n) is 2.00. The summed E-state index contributed by atoms with van der Waals surface area (Å²) in [5, 5.41) is 0. The highest BCUT2D eigenvalue weighted by molar-refractivity contribution is 14.1. The average molecular weight is 317 g/mol. The monoisotopic (exact) mass is 317 g/mol. The van der Waals surface area contributed by atoms with Crippen LogP contribution < -0.4 is 0 Å². The van der Waals surface area contributed by atoms with Crippen molar-refractivity contribution in [3.63, 3.8) is 0 Å². The summed E-state index contributed by atoms with van der Waals surface area (Å²) in [5.41, 5.74) is 0.462. The minimum atomic E-state index is -0.646. The molecule has 0 unspecified atom stereocenters. The van der Waals surface area contributed by atoms with Crippen LogP contribution in [0.2, 0.25) is 0 Å². The van der Waals surface area contributed by atoms with Crippen LogP contribution in [-0.2, 0) is 0 Å². The Hall–Kier alpha value is -1.04. The molecule has 76 valence electrons. The Bertz CT molecular complexity index is 479. The zero-order chi connectivity index (χ0) is 10.8. The standard InChI is InChI=1S/C11H6F2IN/c12-8-4-2-1-3-7(8)10-9(14)5-6-15-11(10)13/h1-6H. The molecule has 0 bridgehead atoms. The molecule has 0 N–H and O–H groups in total. The van der Waals surface area contributed by atoms with E-state index in [0.717, 1.165) is 0 Å². The molecule has 4 heteroatoms. The molecule has 2 rings (SSSR count). The fourth-order valence-electron chi connectivity index (χ4n) is 1.32. The minimum Gasteiger partial charge on any atom is -0.228 e. The van der Waals surface area contributed by atoms with E-state index in [1.807, 2.05) is 22.6 Å². The summed E-state index contributed by atoms with van der Waals surface area (Å²) in [5.74, 6) is -1.09. The molecule has 0 saturated carbocycles. The predicted octanol–water partition coefficient (Wildman–Crippen LogP) is 3.63. The molecule has 1 aromatic heterocycles. The summed E-state index contributed by atoms with van der Waals surface area (Å²) in [4.78, 5) is 3.52. The molecule has 1 nitrogen and oxygen atoms in total. The van der Waals surface area contributed by atoms with Crippen molar-refractivity contribution >= 4 is 22.6 Å². The second-order valence-electron chi connectivity index (χ2n) is 2.94. The summed E-state index contributed by atoms with van der Waals surface area (Å²) < 4.78 is 27.5.